The highest BCUT2D eigenvalue weighted by Gasteiger charge is 2.03. The van der Waals surface area contributed by atoms with E-state index in [4.69, 9.17) is 10.8 Å². The molecule has 0 saturated carbocycles. The standard InChI is InChI=1S/C10H16N2O.ClH/c1-8-3-2-4-10(12-8)7-9(11)5-6-13;/h2-4,9,13H,5-7,11H2,1H3;1H/t9-;/m1./s1. The van der Waals surface area contributed by atoms with E-state index in [2.05, 4.69) is 4.98 Å². The largest absolute Gasteiger partial charge is 0.396 e. The van der Waals surface area contributed by atoms with Crippen LogP contribution in [0.3, 0.4) is 0 Å². The Labute approximate surface area is 90.8 Å². The minimum Gasteiger partial charge on any atom is -0.396 e. The Morgan fingerprint density at radius 2 is 2.21 bits per heavy atom. The lowest BCUT2D eigenvalue weighted by molar-refractivity contribution is 0.275. The van der Waals surface area contributed by atoms with E-state index in [9.17, 15) is 0 Å². The number of aliphatic hydroxyl groups is 1. The van der Waals surface area contributed by atoms with Gasteiger partial charge >= 0.3 is 0 Å². The average Bonchev–Trinajstić information content (AvgIpc) is 2.04. The van der Waals surface area contributed by atoms with E-state index in [0.717, 1.165) is 17.8 Å². The first-order valence-electron chi connectivity index (χ1n) is 4.51. The van der Waals surface area contributed by atoms with E-state index < -0.39 is 0 Å². The summed E-state index contributed by atoms with van der Waals surface area (Å²) in [6, 6.07) is 5.91. The molecule has 1 heterocycles. The fraction of sp³-hybridized carbons (Fsp3) is 0.500. The quantitative estimate of drug-likeness (QED) is 0.792. The molecule has 0 aliphatic carbocycles. The molecule has 80 valence electrons. The molecule has 1 rings (SSSR count). The summed E-state index contributed by atoms with van der Waals surface area (Å²) in [7, 11) is 0. The van der Waals surface area contributed by atoms with Gasteiger partial charge in [-0.1, -0.05) is 6.07 Å². The van der Waals surface area contributed by atoms with Gasteiger partial charge in [-0.2, -0.15) is 0 Å². The van der Waals surface area contributed by atoms with Gasteiger partial charge in [0.2, 0.25) is 0 Å². The maximum atomic E-state index is 8.67. The lowest BCUT2D eigenvalue weighted by Crippen LogP contribution is -2.24. The Kier molecular flexibility index (Phi) is 6.45. The van der Waals surface area contributed by atoms with Crippen LogP contribution >= 0.6 is 12.4 Å². The maximum Gasteiger partial charge on any atom is 0.0445 e. The highest BCUT2D eigenvalue weighted by molar-refractivity contribution is 5.85. The van der Waals surface area contributed by atoms with Crippen LogP contribution in [-0.4, -0.2) is 22.7 Å². The Hall–Kier alpha value is -0.640. The van der Waals surface area contributed by atoms with Gasteiger partial charge in [-0.05, 0) is 25.5 Å². The normalized spacial score (nSPS) is 11.9. The molecule has 1 aromatic rings. The monoisotopic (exact) mass is 216 g/mol. The Bertz CT molecular complexity index is 268. The molecule has 14 heavy (non-hydrogen) atoms. The molecule has 0 bridgehead atoms. The average molecular weight is 217 g/mol. The van der Waals surface area contributed by atoms with Crippen LogP contribution in [0.25, 0.3) is 0 Å². The molecule has 0 spiro atoms. The molecule has 0 amide bonds. The number of rotatable bonds is 4. The molecule has 0 saturated heterocycles. The summed E-state index contributed by atoms with van der Waals surface area (Å²) in [5.41, 5.74) is 7.78. The zero-order valence-electron chi connectivity index (χ0n) is 8.31. The second-order valence-corrected chi connectivity index (χ2v) is 3.25. The van der Waals surface area contributed by atoms with Gasteiger partial charge in [0.05, 0.1) is 0 Å². The fourth-order valence-electron chi connectivity index (χ4n) is 1.25. The molecule has 0 aromatic carbocycles. The van der Waals surface area contributed by atoms with Crippen molar-refractivity contribution >= 4 is 12.4 Å². The van der Waals surface area contributed by atoms with Crippen LogP contribution in [0, 0.1) is 6.92 Å². The van der Waals surface area contributed by atoms with E-state index in [0.29, 0.717) is 6.42 Å². The second-order valence-electron chi connectivity index (χ2n) is 3.25. The van der Waals surface area contributed by atoms with E-state index >= 15 is 0 Å². The van der Waals surface area contributed by atoms with Crippen LogP contribution in [0.15, 0.2) is 18.2 Å². The van der Waals surface area contributed by atoms with Crippen molar-refractivity contribution in [2.45, 2.75) is 25.8 Å². The summed E-state index contributed by atoms with van der Waals surface area (Å²) in [5.74, 6) is 0. The Balaban J connectivity index is 0.00000169. The molecule has 1 atom stereocenters. The number of pyridine rings is 1. The molecule has 0 unspecified atom stereocenters. The second kappa shape index (κ2) is 6.76. The van der Waals surface area contributed by atoms with Gasteiger partial charge < -0.3 is 10.8 Å². The summed E-state index contributed by atoms with van der Waals surface area (Å²) in [6.45, 7) is 2.11. The highest BCUT2D eigenvalue weighted by atomic mass is 35.5. The Morgan fingerprint density at radius 1 is 1.50 bits per heavy atom. The predicted octanol–water partition coefficient (Wildman–Crippen LogP) is 1.06. The summed E-state index contributed by atoms with van der Waals surface area (Å²) in [6.07, 6.45) is 1.37. The van der Waals surface area contributed by atoms with E-state index in [1.807, 2.05) is 25.1 Å². The maximum absolute atomic E-state index is 8.67. The van der Waals surface area contributed by atoms with Crippen LogP contribution < -0.4 is 5.73 Å². The van der Waals surface area contributed by atoms with Gasteiger partial charge in [0, 0.05) is 30.5 Å². The van der Waals surface area contributed by atoms with Crippen LogP contribution in [0.5, 0.6) is 0 Å². The molecule has 0 aliphatic heterocycles. The van der Waals surface area contributed by atoms with Crippen molar-refractivity contribution in [1.82, 2.24) is 4.98 Å². The molecular formula is C10H17ClN2O. The summed E-state index contributed by atoms with van der Waals surface area (Å²) in [5, 5.41) is 8.67. The topological polar surface area (TPSA) is 59.1 Å². The number of hydrogen-bond acceptors (Lipinski definition) is 3. The summed E-state index contributed by atoms with van der Waals surface area (Å²) in [4.78, 5) is 4.33. The smallest absolute Gasteiger partial charge is 0.0445 e. The van der Waals surface area contributed by atoms with Gasteiger partial charge in [0.25, 0.3) is 0 Å². The highest BCUT2D eigenvalue weighted by Crippen LogP contribution is 2.02. The van der Waals surface area contributed by atoms with Gasteiger partial charge in [0.1, 0.15) is 0 Å². The number of aryl methyl sites for hydroxylation is 1. The number of aromatic nitrogens is 1. The van der Waals surface area contributed by atoms with Crippen molar-refractivity contribution in [3.05, 3.63) is 29.6 Å². The predicted molar refractivity (Wildman–Crippen MR) is 59.6 cm³/mol. The molecule has 3 N–H and O–H groups in total. The van der Waals surface area contributed by atoms with Crippen LogP contribution in [-0.2, 0) is 6.42 Å². The zero-order valence-corrected chi connectivity index (χ0v) is 9.13. The first kappa shape index (κ1) is 13.4. The molecular weight excluding hydrogens is 200 g/mol. The molecule has 0 radical (unpaired) electrons. The minimum atomic E-state index is 0. The van der Waals surface area contributed by atoms with Crippen LogP contribution in [0.4, 0.5) is 0 Å². The van der Waals surface area contributed by atoms with Gasteiger partial charge in [-0.25, -0.2) is 0 Å². The van der Waals surface area contributed by atoms with E-state index in [-0.39, 0.29) is 25.1 Å². The number of nitrogens with two attached hydrogens (primary N) is 1. The third-order valence-electron chi connectivity index (χ3n) is 1.92. The lowest BCUT2D eigenvalue weighted by Gasteiger charge is -2.08. The van der Waals surface area contributed by atoms with Crippen molar-refractivity contribution in [3.8, 4) is 0 Å². The number of hydrogen-bond donors (Lipinski definition) is 2. The molecule has 3 nitrogen and oxygen atoms in total. The van der Waals surface area contributed by atoms with Crippen LogP contribution in [0.2, 0.25) is 0 Å². The number of halogens is 1. The van der Waals surface area contributed by atoms with Crippen molar-refractivity contribution in [2.75, 3.05) is 6.61 Å². The van der Waals surface area contributed by atoms with Crippen molar-refractivity contribution in [2.24, 2.45) is 5.73 Å². The number of aliphatic hydroxyl groups excluding tert-OH is 1. The first-order chi connectivity index (χ1) is 6.22. The Morgan fingerprint density at radius 3 is 2.79 bits per heavy atom. The van der Waals surface area contributed by atoms with Crippen LogP contribution in [0.1, 0.15) is 17.8 Å². The molecule has 0 fully saturated rings. The van der Waals surface area contributed by atoms with Crippen molar-refractivity contribution in [1.29, 1.82) is 0 Å². The molecule has 0 aliphatic rings. The SMILES string of the molecule is Cc1cccc(C[C@H](N)CCO)n1.Cl. The first-order valence-corrected chi connectivity index (χ1v) is 4.51. The molecule has 1 aromatic heterocycles. The fourth-order valence-corrected chi connectivity index (χ4v) is 1.25. The zero-order chi connectivity index (χ0) is 9.68. The van der Waals surface area contributed by atoms with Gasteiger partial charge in [0.15, 0.2) is 0 Å². The van der Waals surface area contributed by atoms with Gasteiger partial charge in [-0.15, -0.1) is 12.4 Å². The van der Waals surface area contributed by atoms with Gasteiger partial charge in [-0.3, -0.25) is 4.98 Å². The van der Waals surface area contributed by atoms with E-state index in [1.54, 1.807) is 0 Å². The lowest BCUT2D eigenvalue weighted by atomic mass is 10.1. The third-order valence-corrected chi connectivity index (χ3v) is 1.92. The van der Waals surface area contributed by atoms with E-state index in [1.165, 1.54) is 0 Å². The third kappa shape index (κ3) is 4.56. The number of nitrogens with zero attached hydrogens (tertiary/aromatic N) is 1. The minimum absolute atomic E-state index is 0. The van der Waals surface area contributed by atoms with Crippen molar-refractivity contribution in [3.63, 3.8) is 0 Å². The summed E-state index contributed by atoms with van der Waals surface area (Å²) < 4.78 is 0. The van der Waals surface area contributed by atoms with Crippen molar-refractivity contribution < 1.29 is 5.11 Å². The summed E-state index contributed by atoms with van der Waals surface area (Å²) >= 11 is 0. The molecule has 4 heteroatoms.